The average Bonchev–Trinajstić information content (AvgIpc) is 3.21. The molecule has 0 radical (unpaired) electrons. The summed E-state index contributed by atoms with van der Waals surface area (Å²) in [6.45, 7) is 4.62. The molecule has 0 saturated heterocycles. The quantitative estimate of drug-likeness (QED) is 0.711. The van der Waals surface area contributed by atoms with Crippen LogP contribution >= 0.6 is 11.3 Å². The molecule has 0 spiro atoms. The number of amides is 2. The third-order valence-electron chi connectivity index (χ3n) is 4.77. The minimum atomic E-state index is -0.340. The number of carbonyl (C=O) groups is 2. The Hall–Kier alpha value is -3.13. The molecule has 2 aromatic heterocycles. The lowest BCUT2D eigenvalue weighted by atomic mass is 9.97. The van der Waals surface area contributed by atoms with Crippen molar-refractivity contribution in [2.75, 3.05) is 16.8 Å². The van der Waals surface area contributed by atoms with E-state index in [0.717, 1.165) is 41.9 Å². The molecule has 0 bridgehead atoms. The van der Waals surface area contributed by atoms with Crippen LogP contribution in [0.25, 0.3) is 11.3 Å². The molecule has 3 heterocycles. The largest absolute Gasteiger partial charge is 0.312 e. The molecule has 0 saturated carbocycles. The highest BCUT2D eigenvalue weighted by molar-refractivity contribution is 7.14. The molecule has 0 aliphatic carbocycles. The number of aryl methyl sites for hydroxylation is 1. The summed E-state index contributed by atoms with van der Waals surface area (Å²) in [7, 11) is 0. The maximum absolute atomic E-state index is 12.5. The highest BCUT2D eigenvalue weighted by Gasteiger charge is 2.24. The molecule has 8 heteroatoms. The first-order valence-corrected chi connectivity index (χ1v) is 10.4. The number of anilines is 2. The number of aromatic nitrogens is 3. The van der Waals surface area contributed by atoms with Gasteiger partial charge in [-0.2, -0.15) is 0 Å². The first kappa shape index (κ1) is 19.2. The fraction of sp³-hybridized carbons (Fsp3) is 0.286. The minimum absolute atomic E-state index is 0.0281. The Morgan fingerprint density at radius 1 is 1.24 bits per heavy atom. The third-order valence-corrected chi connectivity index (χ3v) is 5.53. The number of fused-ring (bicyclic) bond motifs is 1. The number of carbonyl (C=O) groups excluding carboxylic acids is 2. The topological polar surface area (TPSA) is 88.1 Å². The summed E-state index contributed by atoms with van der Waals surface area (Å²) in [6, 6.07) is 6.08. The zero-order valence-electron chi connectivity index (χ0n) is 16.3. The van der Waals surface area contributed by atoms with Gasteiger partial charge in [0.15, 0.2) is 5.13 Å². The maximum atomic E-state index is 12.5. The highest BCUT2D eigenvalue weighted by Crippen LogP contribution is 2.33. The van der Waals surface area contributed by atoms with Crippen LogP contribution in [0.3, 0.4) is 0 Å². The van der Waals surface area contributed by atoms with Gasteiger partial charge in [0.2, 0.25) is 5.91 Å². The van der Waals surface area contributed by atoms with Crippen LogP contribution in [0.2, 0.25) is 0 Å². The van der Waals surface area contributed by atoms with E-state index in [2.05, 4.69) is 26.3 Å². The van der Waals surface area contributed by atoms with Crippen LogP contribution in [0, 0.1) is 5.92 Å². The van der Waals surface area contributed by atoms with Gasteiger partial charge in [0.05, 0.1) is 11.9 Å². The molecule has 2 amide bonds. The molecule has 29 heavy (non-hydrogen) atoms. The minimum Gasteiger partial charge on any atom is -0.312 e. The lowest BCUT2D eigenvalue weighted by Crippen LogP contribution is -2.38. The molecule has 0 fully saturated rings. The Morgan fingerprint density at radius 2 is 2.10 bits per heavy atom. The number of benzene rings is 1. The van der Waals surface area contributed by atoms with Gasteiger partial charge >= 0.3 is 0 Å². The second kappa shape index (κ2) is 8.08. The van der Waals surface area contributed by atoms with Gasteiger partial charge in [-0.15, -0.1) is 11.3 Å². The van der Waals surface area contributed by atoms with E-state index in [1.807, 2.05) is 36.3 Å². The van der Waals surface area contributed by atoms with Gasteiger partial charge in [-0.3, -0.25) is 19.9 Å². The highest BCUT2D eigenvalue weighted by atomic mass is 32.1. The first-order valence-electron chi connectivity index (χ1n) is 9.50. The third kappa shape index (κ3) is 4.02. The standard InChI is InChI=1S/C21H21N5O2S/c1-13(2)20(28)26-9-3-4-15-10-14(5-6-18(15)26)17-12-29-21(24-17)25-19(27)16-11-22-7-8-23-16/h5-8,10-13H,3-4,9H2,1-2H3,(H,24,25,27). The summed E-state index contributed by atoms with van der Waals surface area (Å²) in [5, 5.41) is 5.17. The van der Waals surface area contributed by atoms with Crippen LogP contribution in [0.1, 0.15) is 36.3 Å². The molecule has 1 aromatic carbocycles. The van der Waals surface area contributed by atoms with Crippen molar-refractivity contribution in [3.63, 3.8) is 0 Å². The fourth-order valence-corrected chi connectivity index (χ4v) is 4.05. The zero-order chi connectivity index (χ0) is 20.4. The van der Waals surface area contributed by atoms with Crippen LogP contribution < -0.4 is 10.2 Å². The molecule has 0 atom stereocenters. The van der Waals surface area contributed by atoms with Crippen molar-refractivity contribution in [3.05, 3.63) is 53.4 Å². The van der Waals surface area contributed by atoms with Crippen molar-refractivity contribution < 1.29 is 9.59 Å². The zero-order valence-corrected chi connectivity index (χ0v) is 17.1. The molecular formula is C21H21N5O2S. The molecule has 148 valence electrons. The summed E-state index contributed by atoms with van der Waals surface area (Å²) in [5.41, 5.74) is 4.15. The lowest BCUT2D eigenvalue weighted by molar-refractivity contribution is -0.121. The smallest absolute Gasteiger partial charge is 0.277 e. The second-order valence-corrected chi connectivity index (χ2v) is 8.03. The normalized spacial score (nSPS) is 13.3. The van der Waals surface area contributed by atoms with Crippen LogP contribution in [0.5, 0.6) is 0 Å². The van der Waals surface area contributed by atoms with E-state index in [9.17, 15) is 9.59 Å². The van der Waals surface area contributed by atoms with E-state index in [-0.39, 0.29) is 23.4 Å². The van der Waals surface area contributed by atoms with Gasteiger partial charge in [-0.25, -0.2) is 9.97 Å². The Kier molecular flexibility index (Phi) is 5.35. The number of nitrogens with zero attached hydrogens (tertiary/aromatic N) is 4. The molecule has 7 nitrogen and oxygen atoms in total. The van der Waals surface area contributed by atoms with E-state index in [1.54, 1.807) is 0 Å². The molecule has 1 aliphatic heterocycles. The van der Waals surface area contributed by atoms with Crippen LogP contribution in [-0.2, 0) is 11.2 Å². The first-order chi connectivity index (χ1) is 14.0. The van der Waals surface area contributed by atoms with Gasteiger partial charge in [0, 0.05) is 41.5 Å². The Morgan fingerprint density at radius 3 is 2.86 bits per heavy atom. The average molecular weight is 407 g/mol. The van der Waals surface area contributed by atoms with E-state index >= 15 is 0 Å². The van der Waals surface area contributed by atoms with Crippen molar-refractivity contribution in [2.24, 2.45) is 5.92 Å². The monoisotopic (exact) mass is 407 g/mol. The van der Waals surface area contributed by atoms with Crippen molar-refractivity contribution in [1.82, 2.24) is 15.0 Å². The Bertz CT molecular complexity index is 1050. The summed E-state index contributed by atoms with van der Waals surface area (Å²) in [5.74, 6) is -0.215. The predicted octanol–water partition coefficient (Wildman–Crippen LogP) is 3.79. The van der Waals surface area contributed by atoms with Crippen LogP contribution in [-0.4, -0.2) is 33.3 Å². The second-order valence-electron chi connectivity index (χ2n) is 7.17. The van der Waals surface area contributed by atoms with E-state index in [0.29, 0.717) is 5.13 Å². The van der Waals surface area contributed by atoms with E-state index in [1.165, 1.54) is 29.9 Å². The number of rotatable bonds is 4. The van der Waals surface area contributed by atoms with Gasteiger partial charge < -0.3 is 4.90 Å². The number of nitrogens with one attached hydrogen (secondary N) is 1. The van der Waals surface area contributed by atoms with Crippen molar-refractivity contribution in [2.45, 2.75) is 26.7 Å². The van der Waals surface area contributed by atoms with E-state index < -0.39 is 0 Å². The van der Waals surface area contributed by atoms with E-state index in [4.69, 9.17) is 0 Å². The summed E-state index contributed by atoms with van der Waals surface area (Å²) in [6.07, 6.45) is 6.29. The number of hydrogen-bond acceptors (Lipinski definition) is 6. The van der Waals surface area contributed by atoms with Crippen LogP contribution in [0.4, 0.5) is 10.8 Å². The molecule has 1 N–H and O–H groups in total. The predicted molar refractivity (Wildman–Crippen MR) is 113 cm³/mol. The summed E-state index contributed by atoms with van der Waals surface area (Å²) in [4.78, 5) is 39.0. The van der Waals surface area contributed by atoms with Crippen molar-refractivity contribution in [1.29, 1.82) is 0 Å². The summed E-state index contributed by atoms with van der Waals surface area (Å²) < 4.78 is 0. The number of thiazole rings is 1. The van der Waals surface area contributed by atoms with Gasteiger partial charge in [0.1, 0.15) is 5.69 Å². The van der Waals surface area contributed by atoms with Gasteiger partial charge in [-0.05, 0) is 30.5 Å². The van der Waals surface area contributed by atoms with Crippen molar-refractivity contribution >= 4 is 34.0 Å². The van der Waals surface area contributed by atoms with Crippen molar-refractivity contribution in [3.8, 4) is 11.3 Å². The molecule has 3 aromatic rings. The molecule has 0 unspecified atom stereocenters. The molecular weight excluding hydrogens is 386 g/mol. The Labute approximate surface area is 172 Å². The lowest BCUT2D eigenvalue weighted by Gasteiger charge is -2.31. The van der Waals surface area contributed by atoms with Crippen LogP contribution in [0.15, 0.2) is 42.2 Å². The number of hydrogen-bond donors (Lipinski definition) is 1. The maximum Gasteiger partial charge on any atom is 0.277 e. The fourth-order valence-electron chi connectivity index (χ4n) is 3.34. The molecule has 1 aliphatic rings. The Balaban J connectivity index is 1.54. The SMILES string of the molecule is CC(C)C(=O)N1CCCc2cc(-c3csc(NC(=O)c4cnccn4)n3)ccc21. The molecule has 4 rings (SSSR count). The van der Waals surface area contributed by atoms with Gasteiger partial charge in [-0.1, -0.05) is 19.9 Å². The van der Waals surface area contributed by atoms with Gasteiger partial charge in [0.25, 0.3) is 5.91 Å². The summed E-state index contributed by atoms with van der Waals surface area (Å²) >= 11 is 1.36.